The van der Waals surface area contributed by atoms with Crippen molar-refractivity contribution in [2.24, 2.45) is 0 Å². The highest BCUT2D eigenvalue weighted by Crippen LogP contribution is 2.22. The summed E-state index contributed by atoms with van der Waals surface area (Å²) in [5, 5.41) is 9.42. The van der Waals surface area contributed by atoms with E-state index in [1.165, 1.54) is 11.8 Å². The molecular formula is C19H19ClN4O2S. The number of halogens is 1. The molecule has 0 bridgehead atoms. The van der Waals surface area contributed by atoms with E-state index in [1.807, 2.05) is 53.1 Å². The average Bonchev–Trinajstić information content (AvgIpc) is 3.16. The van der Waals surface area contributed by atoms with Crippen LogP contribution in [0, 0.1) is 0 Å². The minimum absolute atomic E-state index is 0.0132. The fraction of sp³-hybridized carbons (Fsp3) is 0.211. The molecule has 27 heavy (non-hydrogen) atoms. The number of ether oxygens (including phenoxy) is 1. The van der Waals surface area contributed by atoms with Crippen molar-refractivity contribution in [1.82, 2.24) is 19.7 Å². The van der Waals surface area contributed by atoms with E-state index in [4.69, 9.17) is 16.3 Å². The summed E-state index contributed by atoms with van der Waals surface area (Å²) < 4.78 is 7.02. The monoisotopic (exact) mass is 402 g/mol. The van der Waals surface area contributed by atoms with Crippen LogP contribution in [0.1, 0.15) is 5.56 Å². The van der Waals surface area contributed by atoms with Crippen molar-refractivity contribution in [1.29, 1.82) is 0 Å². The molecule has 0 saturated heterocycles. The normalized spacial score (nSPS) is 10.6. The van der Waals surface area contributed by atoms with Crippen LogP contribution in [0.4, 0.5) is 0 Å². The molecule has 0 aliphatic carbocycles. The van der Waals surface area contributed by atoms with Gasteiger partial charge in [-0.25, -0.2) is 0 Å². The third-order valence-corrected chi connectivity index (χ3v) is 5.13. The molecule has 6 nitrogen and oxygen atoms in total. The molecule has 0 atom stereocenters. The number of benzene rings is 2. The van der Waals surface area contributed by atoms with E-state index in [9.17, 15) is 4.79 Å². The fourth-order valence-electron chi connectivity index (χ4n) is 2.43. The lowest BCUT2D eigenvalue weighted by atomic mass is 10.2. The summed E-state index contributed by atoms with van der Waals surface area (Å²) in [7, 11) is 3.41. The topological polar surface area (TPSA) is 60.2 Å². The molecule has 0 aliphatic heterocycles. The van der Waals surface area contributed by atoms with Gasteiger partial charge in [0.2, 0.25) is 5.91 Å². The summed E-state index contributed by atoms with van der Waals surface area (Å²) in [6.07, 6.45) is 1.63. The molecule has 0 fully saturated rings. The van der Waals surface area contributed by atoms with Crippen molar-refractivity contribution in [3.05, 3.63) is 65.4 Å². The van der Waals surface area contributed by atoms with Gasteiger partial charge >= 0.3 is 0 Å². The zero-order valence-electron chi connectivity index (χ0n) is 15.0. The molecule has 0 saturated carbocycles. The smallest absolute Gasteiger partial charge is 0.233 e. The van der Waals surface area contributed by atoms with Crippen LogP contribution < -0.4 is 4.74 Å². The number of aromatic nitrogens is 3. The largest absolute Gasteiger partial charge is 0.497 e. The molecule has 0 spiro atoms. The minimum Gasteiger partial charge on any atom is -0.497 e. The Morgan fingerprint density at radius 3 is 2.56 bits per heavy atom. The fourth-order valence-corrected chi connectivity index (χ4v) is 3.43. The predicted molar refractivity (Wildman–Crippen MR) is 107 cm³/mol. The quantitative estimate of drug-likeness (QED) is 0.564. The first kappa shape index (κ1) is 19.3. The van der Waals surface area contributed by atoms with Crippen LogP contribution in [0.25, 0.3) is 5.69 Å². The lowest BCUT2D eigenvalue weighted by Crippen LogP contribution is -2.27. The molecule has 0 unspecified atom stereocenters. The Morgan fingerprint density at radius 1 is 1.19 bits per heavy atom. The van der Waals surface area contributed by atoms with Crippen molar-refractivity contribution in [3.8, 4) is 11.4 Å². The van der Waals surface area contributed by atoms with Crippen LogP contribution in [-0.4, -0.2) is 45.5 Å². The van der Waals surface area contributed by atoms with Crippen molar-refractivity contribution < 1.29 is 9.53 Å². The third kappa shape index (κ3) is 5.02. The molecule has 1 heterocycles. The molecule has 1 amide bonds. The van der Waals surface area contributed by atoms with Crippen LogP contribution in [0.5, 0.6) is 5.75 Å². The second-order valence-electron chi connectivity index (χ2n) is 5.85. The van der Waals surface area contributed by atoms with Gasteiger partial charge in [-0.05, 0) is 42.0 Å². The number of hydrogen-bond acceptors (Lipinski definition) is 5. The number of thioether (sulfide) groups is 1. The number of rotatable bonds is 7. The van der Waals surface area contributed by atoms with E-state index in [0.717, 1.165) is 17.0 Å². The van der Waals surface area contributed by atoms with Crippen molar-refractivity contribution in [3.63, 3.8) is 0 Å². The van der Waals surface area contributed by atoms with E-state index in [0.29, 0.717) is 16.7 Å². The van der Waals surface area contributed by atoms with Gasteiger partial charge < -0.3 is 9.64 Å². The third-order valence-electron chi connectivity index (χ3n) is 3.95. The molecule has 140 valence electrons. The Labute approximate surface area is 167 Å². The van der Waals surface area contributed by atoms with Gasteiger partial charge in [0.1, 0.15) is 12.1 Å². The minimum atomic E-state index is 0.0132. The maximum Gasteiger partial charge on any atom is 0.233 e. The molecule has 0 N–H and O–H groups in total. The van der Waals surface area contributed by atoms with E-state index in [2.05, 4.69) is 10.2 Å². The average molecular weight is 403 g/mol. The van der Waals surface area contributed by atoms with Gasteiger partial charge in [-0.3, -0.25) is 9.36 Å². The van der Waals surface area contributed by atoms with Gasteiger partial charge in [0.15, 0.2) is 5.16 Å². The Balaban J connectivity index is 1.60. The number of methoxy groups -OCH3 is 1. The van der Waals surface area contributed by atoms with Gasteiger partial charge in [-0.15, -0.1) is 10.2 Å². The van der Waals surface area contributed by atoms with E-state index >= 15 is 0 Å². The molecule has 0 aliphatic rings. The summed E-state index contributed by atoms with van der Waals surface area (Å²) in [5.41, 5.74) is 1.94. The van der Waals surface area contributed by atoms with Crippen molar-refractivity contribution in [2.75, 3.05) is 19.9 Å². The second-order valence-corrected chi connectivity index (χ2v) is 7.23. The van der Waals surface area contributed by atoms with Gasteiger partial charge in [-0.2, -0.15) is 0 Å². The lowest BCUT2D eigenvalue weighted by molar-refractivity contribution is -0.127. The maximum atomic E-state index is 12.4. The Kier molecular flexibility index (Phi) is 6.36. The van der Waals surface area contributed by atoms with Gasteiger partial charge in [0.05, 0.1) is 12.9 Å². The zero-order valence-corrected chi connectivity index (χ0v) is 16.6. The van der Waals surface area contributed by atoms with E-state index in [-0.39, 0.29) is 11.7 Å². The zero-order chi connectivity index (χ0) is 19.2. The van der Waals surface area contributed by atoms with Crippen LogP contribution >= 0.6 is 23.4 Å². The highest BCUT2D eigenvalue weighted by Gasteiger charge is 2.14. The summed E-state index contributed by atoms with van der Waals surface area (Å²) in [6, 6.07) is 15.0. The standard InChI is InChI=1S/C19H19ClN4O2S/c1-23(11-14-3-5-15(20)6-4-14)18(25)12-27-19-22-21-13-24(19)16-7-9-17(26-2)10-8-16/h3-10,13H,11-12H2,1-2H3. The Hall–Kier alpha value is -2.51. The summed E-state index contributed by atoms with van der Waals surface area (Å²) >= 11 is 7.25. The SMILES string of the molecule is COc1ccc(-n2cnnc2SCC(=O)N(C)Cc2ccc(Cl)cc2)cc1. The highest BCUT2D eigenvalue weighted by atomic mass is 35.5. The van der Waals surface area contributed by atoms with Crippen molar-refractivity contribution in [2.45, 2.75) is 11.7 Å². The van der Waals surface area contributed by atoms with Crippen molar-refractivity contribution >= 4 is 29.3 Å². The number of carbonyl (C=O) groups excluding carboxylic acids is 1. The van der Waals surface area contributed by atoms with Crippen LogP contribution in [0.2, 0.25) is 5.02 Å². The predicted octanol–water partition coefficient (Wildman–Crippen LogP) is 3.68. The first-order chi connectivity index (χ1) is 13.1. The summed E-state index contributed by atoms with van der Waals surface area (Å²) in [5.74, 6) is 1.07. The first-order valence-electron chi connectivity index (χ1n) is 8.22. The van der Waals surface area contributed by atoms with Gasteiger partial charge in [0, 0.05) is 24.3 Å². The van der Waals surface area contributed by atoms with E-state index in [1.54, 1.807) is 25.4 Å². The number of nitrogens with zero attached hydrogens (tertiary/aromatic N) is 4. The molecular weight excluding hydrogens is 384 g/mol. The van der Waals surface area contributed by atoms with Gasteiger partial charge in [0.25, 0.3) is 0 Å². The lowest BCUT2D eigenvalue weighted by Gasteiger charge is -2.17. The summed E-state index contributed by atoms with van der Waals surface area (Å²) in [4.78, 5) is 14.1. The van der Waals surface area contributed by atoms with Crippen LogP contribution in [-0.2, 0) is 11.3 Å². The Morgan fingerprint density at radius 2 is 1.89 bits per heavy atom. The molecule has 8 heteroatoms. The second kappa shape index (κ2) is 8.92. The number of hydrogen-bond donors (Lipinski definition) is 0. The maximum absolute atomic E-state index is 12.4. The van der Waals surface area contributed by atoms with Crippen LogP contribution in [0.3, 0.4) is 0 Å². The molecule has 3 rings (SSSR count). The van der Waals surface area contributed by atoms with Gasteiger partial charge in [-0.1, -0.05) is 35.5 Å². The summed E-state index contributed by atoms with van der Waals surface area (Å²) in [6.45, 7) is 0.529. The number of amides is 1. The highest BCUT2D eigenvalue weighted by molar-refractivity contribution is 7.99. The number of carbonyl (C=O) groups is 1. The first-order valence-corrected chi connectivity index (χ1v) is 9.59. The molecule has 1 aromatic heterocycles. The van der Waals surface area contributed by atoms with E-state index < -0.39 is 0 Å². The van der Waals surface area contributed by atoms with Crippen LogP contribution in [0.15, 0.2) is 60.0 Å². The molecule has 2 aromatic carbocycles. The molecule has 3 aromatic rings. The molecule has 0 radical (unpaired) electrons. The Bertz CT molecular complexity index is 897.